The number of aliphatic carboxylic acids is 1. The summed E-state index contributed by atoms with van der Waals surface area (Å²) >= 11 is 0. The first-order valence-corrected chi connectivity index (χ1v) is 11.7. The Morgan fingerprint density at radius 2 is 2.06 bits per heavy atom. The number of aromatic nitrogens is 2. The van der Waals surface area contributed by atoms with E-state index in [-0.39, 0.29) is 30.8 Å². The van der Waals surface area contributed by atoms with Crippen LogP contribution in [0.4, 0.5) is 0 Å². The first-order chi connectivity index (χ1) is 16.9. The zero-order valence-corrected chi connectivity index (χ0v) is 19.6. The Morgan fingerprint density at radius 3 is 2.80 bits per heavy atom. The van der Waals surface area contributed by atoms with Gasteiger partial charge < -0.3 is 23.9 Å². The Kier molecular flexibility index (Phi) is 5.90. The molecule has 2 aliphatic heterocycles. The van der Waals surface area contributed by atoms with Crippen molar-refractivity contribution in [2.24, 2.45) is 0 Å². The van der Waals surface area contributed by atoms with E-state index in [1.807, 2.05) is 37.3 Å². The molecule has 9 heteroatoms. The van der Waals surface area contributed by atoms with Gasteiger partial charge in [0.1, 0.15) is 6.61 Å². The van der Waals surface area contributed by atoms with E-state index in [1.165, 1.54) is 0 Å². The summed E-state index contributed by atoms with van der Waals surface area (Å²) in [7, 11) is 0. The Morgan fingerprint density at radius 1 is 1.26 bits per heavy atom. The predicted octanol–water partition coefficient (Wildman–Crippen LogP) is 3.33. The maximum atomic E-state index is 13.5. The van der Waals surface area contributed by atoms with Crippen molar-refractivity contribution >= 4 is 22.8 Å². The lowest BCUT2D eigenvalue weighted by atomic mass is 9.85. The SMILES string of the molecule is CCCCOC(OC1(CC)C(=O)OCc2c1cc1n(c2=O)Cc2cc3ccccc3nc2-1)C(=O)O. The van der Waals surface area contributed by atoms with Crippen molar-refractivity contribution in [3.63, 3.8) is 0 Å². The minimum Gasteiger partial charge on any atom is -0.477 e. The van der Waals surface area contributed by atoms with E-state index in [2.05, 4.69) is 0 Å². The van der Waals surface area contributed by atoms with Crippen molar-refractivity contribution in [2.45, 2.75) is 58.2 Å². The molecule has 0 amide bonds. The van der Waals surface area contributed by atoms with Crippen LogP contribution >= 0.6 is 0 Å². The molecule has 182 valence electrons. The van der Waals surface area contributed by atoms with Crippen molar-refractivity contribution in [1.82, 2.24) is 9.55 Å². The average Bonchev–Trinajstić information content (AvgIpc) is 3.21. The molecule has 0 fully saturated rings. The highest BCUT2D eigenvalue weighted by Crippen LogP contribution is 2.41. The summed E-state index contributed by atoms with van der Waals surface area (Å²) in [5.41, 5.74) is 1.36. The number of esters is 1. The van der Waals surface area contributed by atoms with Crippen molar-refractivity contribution in [3.05, 3.63) is 63.4 Å². The maximum absolute atomic E-state index is 13.5. The molecule has 2 atom stereocenters. The number of benzene rings is 1. The maximum Gasteiger partial charge on any atom is 0.361 e. The largest absolute Gasteiger partial charge is 0.477 e. The number of pyridine rings is 2. The molecule has 9 nitrogen and oxygen atoms in total. The summed E-state index contributed by atoms with van der Waals surface area (Å²) in [6.07, 6.45) is -0.190. The Hall–Kier alpha value is -3.56. The minimum absolute atomic E-state index is 0.0562. The second-order valence-corrected chi connectivity index (χ2v) is 8.77. The molecule has 0 spiro atoms. The molecule has 1 N–H and O–H groups in total. The van der Waals surface area contributed by atoms with Gasteiger partial charge in [-0.2, -0.15) is 0 Å². The Bertz CT molecular complexity index is 1400. The summed E-state index contributed by atoms with van der Waals surface area (Å²) in [6.45, 7) is 3.93. The Labute approximate surface area is 201 Å². The first kappa shape index (κ1) is 23.2. The fourth-order valence-electron chi connectivity index (χ4n) is 4.78. The van der Waals surface area contributed by atoms with Crippen LogP contribution in [0.3, 0.4) is 0 Å². The summed E-state index contributed by atoms with van der Waals surface area (Å²) in [6, 6.07) is 11.4. The number of para-hydroxylation sites is 1. The van der Waals surface area contributed by atoms with Crippen LogP contribution in [-0.4, -0.2) is 39.5 Å². The summed E-state index contributed by atoms with van der Waals surface area (Å²) in [5.74, 6) is -2.10. The van der Waals surface area contributed by atoms with Gasteiger partial charge in [-0.3, -0.25) is 4.79 Å². The zero-order chi connectivity index (χ0) is 24.7. The van der Waals surface area contributed by atoms with Gasteiger partial charge in [0.15, 0.2) is 5.60 Å². The van der Waals surface area contributed by atoms with Crippen LogP contribution < -0.4 is 5.56 Å². The second kappa shape index (κ2) is 8.90. The predicted molar refractivity (Wildman–Crippen MR) is 126 cm³/mol. The number of unbranched alkanes of at least 4 members (excludes halogenated alkanes) is 1. The van der Waals surface area contributed by atoms with E-state index in [1.54, 1.807) is 17.6 Å². The zero-order valence-electron chi connectivity index (χ0n) is 19.6. The van der Waals surface area contributed by atoms with Gasteiger partial charge in [0.2, 0.25) is 0 Å². The lowest BCUT2D eigenvalue weighted by Gasteiger charge is -2.37. The number of fused-ring (bicyclic) bond motifs is 5. The number of carboxylic acid groups (broad SMARTS) is 1. The van der Waals surface area contributed by atoms with E-state index in [4.69, 9.17) is 19.2 Å². The number of carboxylic acids is 1. The van der Waals surface area contributed by atoms with Gasteiger partial charge in [-0.25, -0.2) is 14.6 Å². The standard InChI is InChI=1S/C26H26N2O7/c1-3-5-10-33-24(23(30)31)35-26(4-2)18-12-20-21-16(11-15-8-6-7-9-19(15)27-21)13-28(20)22(29)17(18)14-34-25(26)32/h6-9,11-12,24H,3-5,10,13-14H2,1-2H3,(H,30,31). The van der Waals surface area contributed by atoms with E-state index in [9.17, 15) is 19.5 Å². The van der Waals surface area contributed by atoms with Gasteiger partial charge in [0.25, 0.3) is 11.8 Å². The molecular formula is C26H26N2O7. The third kappa shape index (κ3) is 3.71. The van der Waals surface area contributed by atoms with Crippen molar-refractivity contribution in [1.29, 1.82) is 0 Å². The summed E-state index contributed by atoms with van der Waals surface area (Å²) < 4.78 is 18.3. The molecule has 0 radical (unpaired) electrons. The molecular weight excluding hydrogens is 452 g/mol. The quantitative estimate of drug-likeness (QED) is 0.233. The average molecular weight is 479 g/mol. The number of carbonyl (C=O) groups excluding carboxylic acids is 1. The van der Waals surface area contributed by atoms with Crippen LogP contribution in [0.15, 0.2) is 41.2 Å². The molecule has 0 saturated carbocycles. The minimum atomic E-state index is -1.79. The Balaban J connectivity index is 1.65. The molecule has 0 aliphatic carbocycles. The highest BCUT2D eigenvalue weighted by Gasteiger charge is 2.50. The number of hydrogen-bond donors (Lipinski definition) is 1. The molecule has 2 unspecified atom stereocenters. The van der Waals surface area contributed by atoms with Gasteiger partial charge in [-0.1, -0.05) is 38.5 Å². The van der Waals surface area contributed by atoms with Gasteiger partial charge in [0.05, 0.1) is 35.6 Å². The topological polar surface area (TPSA) is 117 Å². The summed E-state index contributed by atoms with van der Waals surface area (Å²) in [4.78, 5) is 43.4. The van der Waals surface area contributed by atoms with Crippen LogP contribution in [0.25, 0.3) is 22.3 Å². The number of ether oxygens (including phenoxy) is 3. The first-order valence-electron chi connectivity index (χ1n) is 11.7. The van der Waals surface area contributed by atoms with E-state index < -0.39 is 23.8 Å². The number of nitrogens with zero attached hydrogens (tertiary/aromatic N) is 2. The lowest BCUT2D eigenvalue weighted by molar-refractivity contribution is -0.238. The fraction of sp³-hybridized carbons (Fsp3) is 0.385. The van der Waals surface area contributed by atoms with Crippen molar-refractivity contribution < 1.29 is 28.9 Å². The van der Waals surface area contributed by atoms with Crippen LogP contribution in [0.1, 0.15) is 49.8 Å². The molecule has 2 aliphatic rings. The normalized spacial score (nSPS) is 19.1. The van der Waals surface area contributed by atoms with Crippen LogP contribution in [0.5, 0.6) is 0 Å². The fourth-order valence-corrected chi connectivity index (χ4v) is 4.78. The third-order valence-electron chi connectivity index (χ3n) is 6.66. The lowest BCUT2D eigenvalue weighted by Crippen LogP contribution is -2.50. The monoisotopic (exact) mass is 478 g/mol. The van der Waals surface area contributed by atoms with Gasteiger partial charge in [-0.15, -0.1) is 0 Å². The molecule has 1 aromatic carbocycles. The third-order valence-corrected chi connectivity index (χ3v) is 6.66. The number of carbonyl (C=O) groups is 2. The van der Waals surface area contributed by atoms with Crippen molar-refractivity contribution in [3.8, 4) is 11.4 Å². The molecule has 3 aromatic rings. The van der Waals surface area contributed by atoms with E-state index >= 15 is 0 Å². The molecule has 0 bridgehead atoms. The van der Waals surface area contributed by atoms with Gasteiger partial charge >= 0.3 is 11.9 Å². The van der Waals surface area contributed by atoms with Crippen LogP contribution in [0.2, 0.25) is 0 Å². The molecule has 35 heavy (non-hydrogen) atoms. The van der Waals surface area contributed by atoms with Crippen LogP contribution in [0, 0.1) is 0 Å². The number of cyclic esters (lactones) is 1. The molecule has 5 rings (SSSR count). The molecule has 2 aromatic heterocycles. The van der Waals surface area contributed by atoms with Crippen LogP contribution in [-0.2, 0) is 42.6 Å². The number of hydrogen-bond acceptors (Lipinski definition) is 7. The molecule has 0 saturated heterocycles. The number of rotatable bonds is 8. The highest BCUT2D eigenvalue weighted by molar-refractivity contribution is 5.87. The van der Waals surface area contributed by atoms with E-state index in [0.29, 0.717) is 29.9 Å². The van der Waals surface area contributed by atoms with Crippen molar-refractivity contribution in [2.75, 3.05) is 6.61 Å². The van der Waals surface area contributed by atoms with E-state index in [0.717, 1.165) is 22.9 Å². The highest BCUT2D eigenvalue weighted by atomic mass is 16.7. The molecule has 4 heterocycles. The second-order valence-electron chi connectivity index (χ2n) is 8.77. The van der Waals surface area contributed by atoms with Gasteiger partial charge in [-0.05, 0) is 31.0 Å². The smallest absolute Gasteiger partial charge is 0.361 e. The van der Waals surface area contributed by atoms with Gasteiger partial charge in [0, 0.05) is 16.5 Å². The summed E-state index contributed by atoms with van der Waals surface area (Å²) in [5, 5.41) is 10.7.